The molecule has 0 aliphatic heterocycles. The zero-order valence-electron chi connectivity index (χ0n) is 8.52. The van der Waals surface area contributed by atoms with E-state index in [1.807, 2.05) is 0 Å². The van der Waals surface area contributed by atoms with E-state index in [1.165, 1.54) is 6.07 Å². The van der Waals surface area contributed by atoms with Crippen LogP contribution in [0.3, 0.4) is 0 Å². The summed E-state index contributed by atoms with van der Waals surface area (Å²) < 4.78 is 13.4. The second-order valence-electron chi connectivity index (χ2n) is 3.25. The second kappa shape index (κ2) is 4.57. The first-order valence-electron chi connectivity index (χ1n) is 4.80. The van der Waals surface area contributed by atoms with Gasteiger partial charge in [0.05, 0.1) is 29.8 Å². The van der Waals surface area contributed by atoms with Gasteiger partial charge in [-0.25, -0.2) is 4.39 Å². The van der Waals surface area contributed by atoms with E-state index in [0.717, 1.165) is 5.69 Å². The highest BCUT2D eigenvalue weighted by molar-refractivity contribution is 5.66. The number of rotatable bonds is 3. The third-order valence-electron chi connectivity index (χ3n) is 2.11. The molecule has 0 aliphatic rings. The Morgan fingerprint density at radius 3 is 2.88 bits per heavy atom. The SMILES string of the molecule is Nc1cccc(F)c1NCc1cnccn1. The number of nitrogens with one attached hydrogen (secondary N) is 1. The van der Waals surface area contributed by atoms with Crippen molar-refractivity contribution in [2.75, 3.05) is 11.1 Å². The molecule has 4 nitrogen and oxygen atoms in total. The quantitative estimate of drug-likeness (QED) is 0.771. The van der Waals surface area contributed by atoms with E-state index in [2.05, 4.69) is 15.3 Å². The number of anilines is 2. The molecule has 0 spiro atoms. The highest BCUT2D eigenvalue weighted by Gasteiger charge is 2.05. The van der Waals surface area contributed by atoms with Crippen LogP contribution in [0, 0.1) is 5.82 Å². The van der Waals surface area contributed by atoms with Gasteiger partial charge in [-0.2, -0.15) is 0 Å². The number of halogens is 1. The Morgan fingerprint density at radius 1 is 1.31 bits per heavy atom. The molecule has 0 bridgehead atoms. The maximum Gasteiger partial charge on any atom is 0.148 e. The fourth-order valence-corrected chi connectivity index (χ4v) is 1.33. The minimum atomic E-state index is -0.371. The Balaban J connectivity index is 2.11. The van der Waals surface area contributed by atoms with Gasteiger partial charge in [-0.15, -0.1) is 0 Å². The molecule has 2 rings (SSSR count). The molecule has 3 N–H and O–H groups in total. The molecular weight excluding hydrogens is 207 g/mol. The van der Waals surface area contributed by atoms with Crippen LogP contribution in [0.2, 0.25) is 0 Å². The molecule has 16 heavy (non-hydrogen) atoms. The normalized spacial score (nSPS) is 10.1. The maximum absolute atomic E-state index is 13.4. The summed E-state index contributed by atoms with van der Waals surface area (Å²) in [4.78, 5) is 7.98. The molecule has 0 saturated carbocycles. The Hall–Kier alpha value is -2.17. The van der Waals surface area contributed by atoms with Crippen molar-refractivity contribution in [3.05, 3.63) is 48.3 Å². The van der Waals surface area contributed by atoms with Gasteiger partial charge in [-0.1, -0.05) is 6.07 Å². The molecule has 2 aromatic rings. The van der Waals surface area contributed by atoms with E-state index in [0.29, 0.717) is 17.9 Å². The Labute approximate surface area is 92.3 Å². The van der Waals surface area contributed by atoms with Crippen LogP contribution in [0.4, 0.5) is 15.8 Å². The van der Waals surface area contributed by atoms with E-state index in [9.17, 15) is 4.39 Å². The average Bonchev–Trinajstić information content (AvgIpc) is 2.30. The topological polar surface area (TPSA) is 63.8 Å². The molecule has 0 fully saturated rings. The molecular formula is C11H11FN4. The fourth-order valence-electron chi connectivity index (χ4n) is 1.33. The molecule has 1 aromatic carbocycles. The van der Waals surface area contributed by atoms with Crippen LogP contribution in [0.15, 0.2) is 36.8 Å². The zero-order chi connectivity index (χ0) is 11.4. The van der Waals surface area contributed by atoms with Crippen molar-refractivity contribution in [1.82, 2.24) is 9.97 Å². The number of hydrogen-bond acceptors (Lipinski definition) is 4. The summed E-state index contributed by atoms with van der Waals surface area (Å²) in [5, 5.41) is 2.90. The molecule has 1 aromatic heterocycles. The van der Waals surface area contributed by atoms with Crippen LogP contribution in [-0.4, -0.2) is 9.97 Å². The lowest BCUT2D eigenvalue weighted by molar-refractivity contribution is 0.630. The first-order valence-corrected chi connectivity index (χ1v) is 4.80. The van der Waals surface area contributed by atoms with Gasteiger partial charge in [0.2, 0.25) is 0 Å². The lowest BCUT2D eigenvalue weighted by atomic mass is 10.2. The van der Waals surface area contributed by atoms with Crippen LogP contribution >= 0.6 is 0 Å². The zero-order valence-corrected chi connectivity index (χ0v) is 8.52. The van der Waals surface area contributed by atoms with Crippen LogP contribution in [0.5, 0.6) is 0 Å². The van der Waals surface area contributed by atoms with Crippen LogP contribution in [0.25, 0.3) is 0 Å². The number of benzene rings is 1. The van der Waals surface area contributed by atoms with Gasteiger partial charge in [0.25, 0.3) is 0 Å². The van der Waals surface area contributed by atoms with Crippen molar-refractivity contribution in [2.45, 2.75) is 6.54 Å². The van der Waals surface area contributed by atoms with Gasteiger partial charge >= 0.3 is 0 Å². The minimum absolute atomic E-state index is 0.299. The summed E-state index contributed by atoms with van der Waals surface area (Å²) in [5.41, 5.74) is 7.05. The van der Waals surface area contributed by atoms with Gasteiger partial charge in [0, 0.05) is 12.4 Å². The van der Waals surface area contributed by atoms with Crippen molar-refractivity contribution in [3.63, 3.8) is 0 Å². The average molecular weight is 218 g/mol. The minimum Gasteiger partial charge on any atom is -0.397 e. The van der Waals surface area contributed by atoms with Crippen molar-refractivity contribution >= 4 is 11.4 Å². The first kappa shape index (κ1) is 10.4. The van der Waals surface area contributed by atoms with E-state index in [-0.39, 0.29) is 5.82 Å². The summed E-state index contributed by atoms with van der Waals surface area (Å²) in [7, 11) is 0. The standard InChI is InChI=1S/C11H11FN4/c12-9-2-1-3-10(13)11(9)16-7-8-6-14-4-5-15-8/h1-6,16H,7,13H2. The molecule has 5 heteroatoms. The third-order valence-corrected chi connectivity index (χ3v) is 2.11. The third kappa shape index (κ3) is 2.25. The second-order valence-corrected chi connectivity index (χ2v) is 3.25. The monoisotopic (exact) mass is 218 g/mol. The van der Waals surface area contributed by atoms with Crippen molar-refractivity contribution < 1.29 is 4.39 Å². The van der Waals surface area contributed by atoms with Gasteiger partial charge in [0.15, 0.2) is 0 Å². The summed E-state index contributed by atoms with van der Waals surface area (Å²) in [6.07, 6.45) is 4.78. The predicted octanol–water partition coefficient (Wildman–Crippen LogP) is 1.81. The number of nitrogen functional groups attached to an aromatic ring is 1. The van der Waals surface area contributed by atoms with E-state index in [4.69, 9.17) is 5.73 Å². The fraction of sp³-hybridized carbons (Fsp3) is 0.0909. The predicted molar refractivity (Wildman–Crippen MR) is 60.2 cm³/mol. The van der Waals surface area contributed by atoms with Crippen LogP contribution in [-0.2, 0) is 6.54 Å². The number of hydrogen-bond donors (Lipinski definition) is 2. The van der Waals surface area contributed by atoms with Crippen LogP contribution in [0.1, 0.15) is 5.69 Å². The first-order chi connectivity index (χ1) is 7.77. The van der Waals surface area contributed by atoms with Crippen molar-refractivity contribution in [3.8, 4) is 0 Å². The summed E-state index contributed by atoms with van der Waals surface area (Å²) in [6, 6.07) is 4.57. The molecule has 0 radical (unpaired) electrons. The van der Waals surface area contributed by atoms with E-state index in [1.54, 1.807) is 30.7 Å². The molecule has 1 heterocycles. The molecule has 0 saturated heterocycles. The van der Waals surface area contributed by atoms with Crippen molar-refractivity contribution in [2.24, 2.45) is 0 Å². The smallest absolute Gasteiger partial charge is 0.148 e. The number of nitrogens with zero attached hydrogens (tertiary/aromatic N) is 2. The maximum atomic E-state index is 13.4. The molecule has 82 valence electrons. The summed E-state index contributed by atoms with van der Waals surface area (Å²) >= 11 is 0. The lowest BCUT2D eigenvalue weighted by Crippen LogP contribution is -2.06. The van der Waals surface area contributed by atoms with Gasteiger partial charge in [-0.3, -0.25) is 9.97 Å². The molecule has 0 atom stereocenters. The Bertz CT molecular complexity index is 452. The Kier molecular flexibility index (Phi) is 2.95. The van der Waals surface area contributed by atoms with Gasteiger partial charge in [0.1, 0.15) is 5.82 Å². The highest BCUT2D eigenvalue weighted by atomic mass is 19.1. The van der Waals surface area contributed by atoms with Crippen LogP contribution < -0.4 is 11.1 Å². The Morgan fingerprint density at radius 2 is 2.19 bits per heavy atom. The molecule has 0 amide bonds. The molecule has 0 aliphatic carbocycles. The van der Waals surface area contributed by atoms with Gasteiger partial charge in [-0.05, 0) is 12.1 Å². The van der Waals surface area contributed by atoms with Crippen molar-refractivity contribution in [1.29, 1.82) is 0 Å². The number of aromatic nitrogens is 2. The molecule has 0 unspecified atom stereocenters. The lowest BCUT2D eigenvalue weighted by Gasteiger charge is -2.09. The van der Waals surface area contributed by atoms with Gasteiger partial charge < -0.3 is 11.1 Å². The summed E-state index contributed by atoms with van der Waals surface area (Å²) in [5.74, 6) is -0.371. The van der Waals surface area contributed by atoms with E-state index >= 15 is 0 Å². The largest absolute Gasteiger partial charge is 0.397 e. The number of para-hydroxylation sites is 1. The number of nitrogens with two attached hydrogens (primary N) is 1. The van der Waals surface area contributed by atoms with E-state index < -0.39 is 0 Å². The summed E-state index contributed by atoms with van der Waals surface area (Å²) in [6.45, 7) is 0.388. The highest BCUT2D eigenvalue weighted by Crippen LogP contribution is 2.21.